The molecule has 1 aromatic heterocycles. The summed E-state index contributed by atoms with van der Waals surface area (Å²) < 4.78 is 27.8. The third-order valence-electron chi connectivity index (χ3n) is 2.69. The van der Waals surface area contributed by atoms with Crippen molar-refractivity contribution in [3.8, 4) is 11.3 Å². The van der Waals surface area contributed by atoms with Gasteiger partial charge in [-0.1, -0.05) is 18.2 Å². The van der Waals surface area contributed by atoms with E-state index >= 15 is 0 Å². The standard InChI is InChI=1S/C15H19N3O2S/c1-11-9-10-13(17-16-11)12-7-5-6-8-14(12)21(19,20)18-15(2,3)4/h5-10,18H,1-4H3. The van der Waals surface area contributed by atoms with Gasteiger partial charge in [0.25, 0.3) is 0 Å². The predicted molar refractivity (Wildman–Crippen MR) is 82.3 cm³/mol. The number of sulfonamides is 1. The zero-order chi connectivity index (χ0) is 15.7. The zero-order valence-corrected chi connectivity index (χ0v) is 13.4. The van der Waals surface area contributed by atoms with Crippen molar-refractivity contribution in [1.82, 2.24) is 14.9 Å². The Morgan fingerprint density at radius 3 is 2.24 bits per heavy atom. The largest absolute Gasteiger partial charge is 0.241 e. The van der Waals surface area contributed by atoms with E-state index in [1.54, 1.807) is 51.1 Å². The SMILES string of the molecule is Cc1ccc(-c2ccccc2S(=O)(=O)NC(C)(C)C)nn1. The first-order valence-electron chi connectivity index (χ1n) is 6.63. The number of nitrogens with one attached hydrogen (secondary N) is 1. The van der Waals surface area contributed by atoms with Crippen LogP contribution in [0.2, 0.25) is 0 Å². The van der Waals surface area contributed by atoms with Crippen LogP contribution in [0.4, 0.5) is 0 Å². The average molecular weight is 305 g/mol. The summed E-state index contributed by atoms with van der Waals surface area (Å²) in [6, 6.07) is 10.4. The fourth-order valence-corrected chi connectivity index (χ4v) is 3.55. The van der Waals surface area contributed by atoms with Crippen molar-refractivity contribution in [2.45, 2.75) is 38.1 Å². The van der Waals surface area contributed by atoms with Gasteiger partial charge in [0.2, 0.25) is 10.0 Å². The zero-order valence-electron chi connectivity index (χ0n) is 12.6. The normalized spacial score (nSPS) is 12.4. The molecule has 112 valence electrons. The number of benzene rings is 1. The van der Waals surface area contributed by atoms with Gasteiger partial charge in [0.1, 0.15) is 0 Å². The average Bonchev–Trinajstić information content (AvgIpc) is 2.37. The highest BCUT2D eigenvalue weighted by Crippen LogP contribution is 2.26. The number of aryl methyl sites for hydroxylation is 1. The minimum absolute atomic E-state index is 0.207. The molecular formula is C15H19N3O2S. The van der Waals surface area contributed by atoms with Crippen LogP contribution in [0, 0.1) is 6.92 Å². The Bertz CT molecular complexity index is 732. The second-order valence-electron chi connectivity index (χ2n) is 5.91. The highest BCUT2D eigenvalue weighted by Gasteiger charge is 2.25. The lowest BCUT2D eigenvalue weighted by atomic mass is 10.1. The van der Waals surface area contributed by atoms with Gasteiger partial charge >= 0.3 is 0 Å². The molecule has 0 bridgehead atoms. The first-order valence-corrected chi connectivity index (χ1v) is 8.11. The molecule has 0 atom stereocenters. The van der Waals surface area contributed by atoms with Gasteiger partial charge in [-0.3, -0.25) is 0 Å². The third-order valence-corrected chi connectivity index (χ3v) is 4.51. The summed E-state index contributed by atoms with van der Waals surface area (Å²) in [6.07, 6.45) is 0. The quantitative estimate of drug-likeness (QED) is 0.946. The molecule has 6 heteroatoms. The molecule has 0 aliphatic heterocycles. The van der Waals surface area contributed by atoms with Gasteiger partial charge in [0.15, 0.2) is 0 Å². The van der Waals surface area contributed by atoms with Gasteiger partial charge in [-0.15, -0.1) is 0 Å². The Kier molecular flexibility index (Phi) is 4.11. The second-order valence-corrected chi connectivity index (χ2v) is 7.56. The molecule has 2 rings (SSSR count). The first-order chi connectivity index (χ1) is 9.69. The Hall–Kier alpha value is -1.79. The lowest BCUT2D eigenvalue weighted by molar-refractivity contribution is 0.491. The van der Waals surface area contributed by atoms with Gasteiger partial charge in [0.05, 0.1) is 16.3 Å². The maximum Gasteiger partial charge on any atom is 0.241 e. The van der Waals surface area contributed by atoms with E-state index in [1.807, 2.05) is 13.0 Å². The van der Waals surface area contributed by atoms with Crippen LogP contribution in [0.5, 0.6) is 0 Å². The monoisotopic (exact) mass is 305 g/mol. The van der Waals surface area contributed by atoms with E-state index in [0.717, 1.165) is 5.69 Å². The summed E-state index contributed by atoms with van der Waals surface area (Å²) in [5.41, 5.74) is 1.31. The molecule has 0 aliphatic carbocycles. The summed E-state index contributed by atoms with van der Waals surface area (Å²) in [7, 11) is -3.62. The van der Waals surface area contributed by atoms with Crippen LogP contribution in [0.25, 0.3) is 11.3 Å². The number of hydrogen-bond acceptors (Lipinski definition) is 4. The Morgan fingerprint density at radius 1 is 1.00 bits per heavy atom. The fourth-order valence-electron chi connectivity index (χ4n) is 1.91. The molecule has 0 aliphatic rings. The number of nitrogens with zero attached hydrogens (tertiary/aromatic N) is 2. The van der Waals surface area contributed by atoms with Gasteiger partial charge < -0.3 is 0 Å². The Balaban J connectivity index is 2.54. The lowest BCUT2D eigenvalue weighted by Crippen LogP contribution is -2.40. The van der Waals surface area contributed by atoms with E-state index in [-0.39, 0.29) is 4.90 Å². The molecule has 0 saturated carbocycles. The molecule has 1 heterocycles. The van der Waals surface area contributed by atoms with E-state index in [2.05, 4.69) is 14.9 Å². The van der Waals surface area contributed by atoms with Crippen LogP contribution in [0.3, 0.4) is 0 Å². The van der Waals surface area contributed by atoms with Crippen molar-refractivity contribution in [3.05, 3.63) is 42.1 Å². The van der Waals surface area contributed by atoms with Gasteiger partial charge in [-0.05, 0) is 45.9 Å². The molecule has 0 saturated heterocycles. The highest BCUT2D eigenvalue weighted by molar-refractivity contribution is 7.89. The third kappa shape index (κ3) is 3.86. The van der Waals surface area contributed by atoms with Crippen molar-refractivity contribution in [2.24, 2.45) is 0 Å². The molecule has 2 aromatic rings. The Morgan fingerprint density at radius 2 is 1.67 bits per heavy atom. The molecule has 0 amide bonds. The van der Waals surface area contributed by atoms with Crippen molar-refractivity contribution < 1.29 is 8.42 Å². The Labute approximate surface area is 125 Å². The molecule has 0 fully saturated rings. The molecule has 5 nitrogen and oxygen atoms in total. The molecule has 0 unspecified atom stereocenters. The molecule has 0 spiro atoms. The molecule has 1 aromatic carbocycles. The molecule has 0 radical (unpaired) electrons. The smallest absolute Gasteiger partial charge is 0.207 e. The van der Waals surface area contributed by atoms with Crippen LogP contribution < -0.4 is 4.72 Å². The van der Waals surface area contributed by atoms with E-state index in [1.165, 1.54) is 0 Å². The maximum absolute atomic E-state index is 12.5. The number of rotatable bonds is 3. The van der Waals surface area contributed by atoms with Gasteiger partial charge in [-0.2, -0.15) is 10.2 Å². The van der Waals surface area contributed by atoms with Crippen molar-refractivity contribution in [3.63, 3.8) is 0 Å². The fraction of sp³-hybridized carbons (Fsp3) is 0.333. The van der Waals surface area contributed by atoms with Gasteiger partial charge in [0, 0.05) is 11.1 Å². The summed E-state index contributed by atoms with van der Waals surface area (Å²) in [5.74, 6) is 0. The van der Waals surface area contributed by atoms with Crippen LogP contribution in [-0.4, -0.2) is 24.2 Å². The number of hydrogen-bond donors (Lipinski definition) is 1. The summed E-state index contributed by atoms with van der Waals surface area (Å²) in [5, 5.41) is 8.06. The van der Waals surface area contributed by atoms with Crippen LogP contribution in [0.15, 0.2) is 41.3 Å². The van der Waals surface area contributed by atoms with Crippen molar-refractivity contribution in [2.75, 3.05) is 0 Å². The number of aromatic nitrogens is 2. The summed E-state index contributed by atoms with van der Waals surface area (Å²) >= 11 is 0. The molecular weight excluding hydrogens is 286 g/mol. The second kappa shape index (κ2) is 5.54. The topological polar surface area (TPSA) is 72.0 Å². The molecule has 21 heavy (non-hydrogen) atoms. The molecule has 1 N–H and O–H groups in total. The van der Waals surface area contributed by atoms with Crippen LogP contribution in [0.1, 0.15) is 26.5 Å². The lowest BCUT2D eigenvalue weighted by Gasteiger charge is -2.21. The first kappa shape index (κ1) is 15.6. The predicted octanol–water partition coefficient (Wildman–Crippen LogP) is 2.53. The maximum atomic E-state index is 12.5. The minimum Gasteiger partial charge on any atom is -0.207 e. The van der Waals surface area contributed by atoms with E-state index in [0.29, 0.717) is 11.3 Å². The van der Waals surface area contributed by atoms with E-state index in [4.69, 9.17) is 0 Å². The van der Waals surface area contributed by atoms with E-state index in [9.17, 15) is 8.42 Å². The summed E-state index contributed by atoms with van der Waals surface area (Å²) in [6.45, 7) is 7.25. The van der Waals surface area contributed by atoms with E-state index < -0.39 is 15.6 Å². The van der Waals surface area contributed by atoms with Crippen LogP contribution in [-0.2, 0) is 10.0 Å². The minimum atomic E-state index is -3.62. The van der Waals surface area contributed by atoms with Crippen LogP contribution >= 0.6 is 0 Å². The highest BCUT2D eigenvalue weighted by atomic mass is 32.2. The van der Waals surface area contributed by atoms with Crippen molar-refractivity contribution in [1.29, 1.82) is 0 Å². The van der Waals surface area contributed by atoms with Crippen molar-refractivity contribution >= 4 is 10.0 Å². The summed E-state index contributed by atoms with van der Waals surface area (Å²) in [4.78, 5) is 0.207. The van der Waals surface area contributed by atoms with Gasteiger partial charge in [-0.25, -0.2) is 13.1 Å².